The van der Waals surface area contributed by atoms with E-state index >= 15 is 0 Å². The van der Waals surface area contributed by atoms with Gasteiger partial charge in [0.15, 0.2) is 0 Å². The van der Waals surface area contributed by atoms with Crippen molar-refractivity contribution >= 4 is 17.0 Å². The number of carbonyl (C=O) groups excluding carboxylic acids is 1. The van der Waals surface area contributed by atoms with Gasteiger partial charge in [-0.05, 0) is 39.0 Å². The largest absolute Gasteiger partial charge is 0.474 e. The van der Waals surface area contributed by atoms with E-state index in [1.54, 1.807) is 29.2 Å². The third kappa shape index (κ3) is 4.38. The van der Waals surface area contributed by atoms with Gasteiger partial charge in [-0.1, -0.05) is 6.07 Å². The van der Waals surface area contributed by atoms with Crippen LogP contribution in [0.4, 0.5) is 9.18 Å². The van der Waals surface area contributed by atoms with Gasteiger partial charge in [0.1, 0.15) is 17.5 Å². The lowest BCUT2D eigenvalue weighted by atomic mass is 10.1. The van der Waals surface area contributed by atoms with Gasteiger partial charge in [-0.25, -0.2) is 14.2 Å². The Hall–Kier alpha value is -2.37. The highest BCUT2D eigenvalue weighted by molar-refractivity contribution is 5.79. The Morgan fingerprint density at radius 2 is 1.92 bits per heavy atom. The molecule has 1 aromatic heterocycles. The van der Waals surface area contributed by atoms with Crippen LogP contribution >= 0.6 is 0 Å². The number of fused-ring (bicyclic) bond motifs is 1. The van der Waals surface area contributed by atoms with Crippen LogP contribution in [-0.4, -0.2) is 40.8 Å². The van der Waals surface area contributed by atoms with Crippen molar-refractivity contribution in [2.75, 3.05) is 13.1 Å². The van der Waals surface area contributed by atoms with Gasteiger partial charge < -0.3 is 14.4 Å². The Bertz CT molecular complexity index is 765. The second-order valence-corrected chi connectivity index (χ2v) is 7.24. The molecule has 5 nitrogen and oxygen atoms in total. The summed E-state index contributed by atoms with van der Waals surface area (Å²) in [5, 5.41) is 0.481. The predicted octanol–water partition coefficient (Wildman–Crippen LogP) is 4.15. The lowest BCUT2D eigenvalue weighted by Crippen LogP contribution is -2.44. The number of ether oxygens (including phenoxy) is 2. The first-order chi connectivity index (χ1) is 11.8. The van der Waals surface area contributed by atoms with Crippen LogP contribution in [0, 0.1) is 5.82 Å². The molecule has 134 valence electrons. The van der Waals surface area contributed by atoms with Crippen LogP contribution in [0.3, 0.4) is 0 Å². The SMILES string of the molecule is CC(C)(C)OC(=O)N1CCC(Oc2ccc3c(F)cccc3n2)CC1. The Labute approximate surface area is 146 Å². The smallest absolute Gasteiger partial charge is 0.410 e. The summed E-state index contributed by atoms with van der Waals surface area (Å²) >= 11 is 0. The average Bonchev–Trinajstić information content (AvgIpc) is 2.54. The number of hydrogen-bond donors (Lipinski definition) is 0. The monoisotopic (exact) mass is 346 g/mol. The molecule has 0 atom stereocenters. The Morgan fingerprint density at radius 1 is 1.20 bits per heavy atom. The van der Waals surface area contributed by atoms with Crippen LogP contribution in [0.5, 0.6) is 5.88 Å². The summed E-state index contributed by atoms with van der Waals surface area (Å²) in [6, 6.07) is 8.18. The molecule has 1 aromatic carbocycles. The van der Waals surface area contributed by atoms with Crippen molar-refractivity contribution in [2.24, 2.45) is 0 Å². The lowest BCUT2D eigenvalue weighted by Gasteiger charge is -2.33. The van der Waals surface area contributed by atoms with Crippen molar-refractivity contribution in [3.05, 3.63) is 36.1 Å². The molecule has 1 fully saturated rings. The number of rotatable bonds is 2. The maximum absolute atomic E-state index is 13.7. The van der Waals surface area contributed by atoms with E-state index < -0.39 is 5.60 Å². The Morgan fingerprint density at radius 3 is 2.60 bits per heavy atom. The Balaban J connectivity index is 1.58. The predicted molar refractivity (Wildman–Crippen MR) is 93.2 cm³/mol. The third-order valence-corrected chi connectivity index (χ3v) is 4.03. The molecule has 6 heteroatoms. The molecule has 25 heavy (non-hydrogen) atoms. The third-order valence-electron chi connectivity index (χ3n) is 4.03. The normalized spacial score (nSPS) is 16.1. The maximum Gasteiger partial charge on any atom is 0.410 e. The quantitative estimate of drug-likeness (QED) is 0.820. The van der Waals surface area contributed by atoms with E-state index in [-0.39, 0.29) is 18.0 Å². The molecular weight excluding hydrogens is 323 g/mol. The first kappa shape index (κ1) is 17.5. The number of pyridine rings is 1. The fraction of sp³-hybridized carbons (Fsp3) is 0.474. The van der Waals surface area contributed by atoms with Crippen LogP contribution in [0.15, 0.2) is 30.3 Å². The molecule has 0 radical (unpaired) electrons. The van der Waals surface area contributed by atoms with Crippen molar-refractivity contribution in [1.29, 1.82) is 0 Å². The molecule has 3 rings (SSSR count). The van der Waals surface area contributed by atoms with E-state index in [9.17, 15) is 9.18 Å². The van der Waals surface area contributed by atoms with Crippen LogP contribution < -0.4 is 4.74 Å². The number of aromatic nitrogens is 1. The minimum atomic E-state index is -0.491. The zero-order valence-corrected chi connectivity index (χ0v) is 14.8. The van der Waals surface area contributed by atoms with Crippen LogP contribution in [0.2, 0.25) is 0 Å². The first-order valence-electron chi connectivity index (χ1n) is 8.52. The van der Waals surface area contributed by atoms with Gasteiger partial charge in [0.2, 0.25) is 5.88 Å². The number of carbonyl (C=O) groups is 1. The van der Waals surface area contributed by atoms with Crippen LogP contribution in [0.25, 0.3) is 10.9 Å². The van der Waals surface area contributed by atoms with E-state index in [4.69, 9.17) is 9.47 Å². The molecule has 1 saturated heterocycles. The van der Waals surface area contributed by atoms with Crippen molar-refractivity contribution in [3.63, 3.8) is 0 Å². The van der Waals surface area contributed by atoms with Gasteiger partial charge in [-0.15, -0.1) is 0 Å². The minimum absolute atomic E-state index is 0.0165. The maximum atomic E-state index is 13.7. The average molecular weight is 346 g/mol. The molecule has 1 aliphatic heterocycles. The van der Waals surface area contributed by atoms with E-state index in [1.165, 1.54) is 6.07 Å². The van der Waals surface area contributed by atoms with E-state index in [0.29, 0.717) is 42.7 Å². The molecule has 0 spiro atoms. The van der Waals surface area contributed by atoms with Crippen molar-refractivity contribution in [1.82, 2.24) is 9.88 Å². The summed E-state index contributed by atoms with van der Waals surface area (Å²) in [5.74, 6) is 0.191. The summed E-state index contributed by atoms with van der Waals surface area (Å²) in [5.41, 5.74) is 0.0815. The number of piperidine rings is 1. The van der Waals surface area contributed by atoms with Crippen molar-refractivity contribution in [2.45, 2.75) is 45.3 Å². The van der Waals surface area contributed by atoms with E-state index in [1.807, 2.05) is 20.8 Å². The fourth-order valence-electron chi connectivity index (χ4n) is 2.82. The zero-order valence-electron chi connectivity index (χ0n) is 14.8. The summed E-state index contributed by atoms with van der Waals surface area (Å²) in [6.07, 6.45) is 1.12. The molecule has 2 aromatic rings. The second kappa shape index (κ2) is 6.86. The first-order valence-corrected chi connectivity index (χ1v) is 8.52. The molecule has 2 heterocycles. The molecule has 0 saturated carbocycles. The molecule has 0 unspecified atom stereocenters. The summed E-state index contributed by atoms with van der Waals surface area (Å²) in [4.78, 5) is 18.1. The van der Waals surface area contributed by atoms with E-state index in [0.717, 1.165) is 0 Å². The van der Waals surface area contributed by atoms with Gasteiger partial charge in [-0.3, -0.25) is 0 Å². The highest BCUT2D eigenvalue weighted by Gasteiger charge is 2.27. The molecule has 1 aliphatic rings. The van der Waals surface area contributed by atoms with Crippen molar-refractivity contribution < 1.29 is 18.7 Å². The second-order valence-electron chi connectivity index (χ2n) is 7.24. The van der Waals surface area contributed by atoms with Gasteiger partial charge >= 0.3 is 6.09 Å². The molecular formula is C19H23FN2O3. The minimum Gasteiger partial charge on any atom is -0.474 e. The lowest BCUT2D eigenvalue weighted by molar-refractivity contribution is 0.0123. The molecule has 0 bridgehead atoms. The number of hydrogen-bond acceptors (Lipinski definition) is 4. The number of likely N-dealkylation sites (tertiary alicyclic amines) is 1. The topological polar surface area (TPSA) is 51.7 Å². The number of benzene rings is 1. The summed E-state index contributed by atoms with van der Waals surface area (Å²) < 4.78 is 25.0. The highest BCUT2D eigenvalue weighted by atomic mass is 19.1. The number of nitrogens with zero attached hydrogens (tertiary/aromatic N) is 2. The van der Waals surface area contributed by atoms with E-state index in [2.05, 4.69) is 4.98 Å². The Kier molecular flexibility index (Phi) is 4.79. The van der Waals surface area contributed by atoms with Gasteiger partial charge in [-0.2, -0.15) is 0 Å². The highest BCUT2D eigenvalue weighted by Crippen LogP contribution is 2.23. The van der Waals surface area contributed by atoms with Gasteiger partial charge in [0, 0.05) is 37.4 Å². The zero-order chi connectivity index (χ0) is 18.0. The fourth-order valence-corrected chi connectivity index (χ4v) is 2.82. The van der Waals surface area contributed by atoms with Crippen LogP contribution in [-0.2, 0) is 4.74 Å². The van der Waals surface area contributed by atoms with Gasteiger partial charge in [0.25, 0.3) is 0 Å². The number of halogens is 1. The van der Waals surface area contributed by atoms with Crippen LogP contribution in [0.1, 0.15) is 33.6 Å². The molecule has 0 N–H and O–H groups in total. The van der Waals surface area contributed by atoms with Crippen molar-refractivity contribution in [3.8, 4) is 5.88 Å². The molecule has 1 amide bonds. The summed E-state index contributed by atoms with van der Waals surface area (Å²) in [7, 11) is 0. The summed E-state index contributed by atoms with van der Waals surface area (Å²) in [6.45, 7) is 6.74. The number of amides is 1. The molecule has 0 aliphatic carbocycles. The van der Waals surface area contributed by atoms with Gasteiger partial charge in [0.05, 0.1) is 5.52 Å². The standard InChI is InChI=1S/C19H23FN2O3/c1-19(2,3)25-18(23)22-11-9-13(10-12-22)24-17-8-7-14-15(20)5-4-6-16(14)21-17/h4-8,13H,9-12H2,1-3H3.